The minimum Gasteiger partial charge on any atom is -0.618 e. The van der Waals surface area contributed by atoms with Crippen molar-refractivity contribution in [3.8, 4) is 0 Å². The number of likely N-dealkylation sites (tertiary alicyclic amines) is 1. The van der Waals surface area contributed by atoms with Crippen LogP contribution in [0.5, 0.6) is 0 Å². The Balaban J connectivity index is 1.43. The van der Waals surface area contributed by atoms with Gasteiger partial charge in [-0.1, -0.05) is 31.4 Å². The molecule has 6 rings (SSSR count). The molecular formula is C28H32N6O4. The molecule has 38 heavy (non-hydrogen) atoms. The number of nitro groups is 1. The molecule has 10 nitrogen and oxygen atoms in total. The van der Waals surface area contributed by atoms with Crippen LogP contribution in [0.1, 0.15) is 56.1 Å². The highest BCUT2D eigenvalue weighted by molar-refractivity contribution is 5.88. The average Bonchev–Trinajstić information content (AvgIpc) is 2.91. The lowest BCUT2D eigenvalue weighted by molar-refractivity contribution is -0.578. The van der Waals surface area contributed by atoms with Gasteiger partial charge in [0.1, 0.15) is 11.3 Å². The van der Waals surface area contributed by atoms with E-state index in [1.54, 1.807) is 13.1 Å². The predicted octanol–water partition coefficient (Wildman–Crippen LogP) is 4.69. The molecule has 3 aromatic rings. The summed E-state index contributed by atoms with van der Waals surface area (Å²) in [6, 6.07) is 8.88. The van der Waals surface area contributed by atoms with Crippen molar-refractivity contribution in [3.05, 3.63) is 79.5 Å². The van der Waals surface area contributed by atoms with Gasteiger partial charge < -0.3 is 15.8 Å². The molecule has 1 saturated heterocycles. The number of fused-ring (bicyclic) bond motifs is 2. The molecule has 2 aromatic carbocycles. The maximum atomic E-state index is 13.2. The third kappa shape index (κ3) is 4.18. The normalized spacial score (nSPS) is 18.9. The largest absolute Gasteiger partial charge is 0.618 e. The monoisotopic (exact) mass is 516 g/mol. The quantitative estimate of drug-likeness (QED) is 0.223. The fourth-order valence-electron chi connectivity index (χ4n) is 6.55. The van der Waals surface area contributed by atoms with Crippen LogP contribution in [-0.4, -0.2) is 27.5 Å². The summed E-state index contributed by atoms with van der Waals surface area (Å²) in [4.78, 5) is 27.1. The van der Waals surface area contributed by atoms with E-state index < -0.39 is 10.5 Å². The first-order valence-electron chi connectivity index (χ1n) is 13.4. The molecule has 0 atom stereocenters. The standard InChI is InChI=1S/C28H32N6O4/c1-19-20(17-31-13-11-28(12-14-31)9-5-2-6-10-28)27-24(15-23(19)34(37)38)33(26(35)18-32(27)36)25-16-29-21-7-3-4-8-22(21)30-25/h3-4,7-8,15-16,18,29-30H,2,5-6,9-14,17H2,1H3. The molecule has 2 N–H and O–H groups in total. The van der Waals surface area contributed by atoms with Gasteiger partial charge >= 0.3 is 5.56 Å². The molecule has 2 fully saturated rings. The van der Waals surface area contributed by atoms with Crippen LogP contribution in [-0.2, 0) is 6.54 Å². The van der Waals surface area contributed by atoms with E-state index in [-0.39, 0.29) is 16.7 Å². The lowest BCUT2D eigenvalue weighted by atomic mass is 9.68. The van der Waals surface area contributed by atoms with Crippen LogP contribution >= 0.6 is 0 Å². The van der Waals surface area contributed by atoms with Gasteiger partial charge in [-0.15, -0.1) is 0 Å². The third-order valence-corrected chi connectivity index (χ3v) is 8.75. The number of rotatable bonds is 4. The lowest BCUT2D eigenvalue weighted by Gasteiger charge is -2.44. The average molecular weight is 517 g/mol. The zero-order chi connectivity index (χ0) is 26.4. The minimum atomic E-state index is -0.575. The molecule has 198 valence electrons. The number of aromatic nitrogens is 2. The van der Waals surface area contributed by atoms with Crippen LogP contribution < -0.4 is 20.9 Å². The second-order valence-electron chi connectivity index (χ2n) is 10.9. The van der Waals surface area contributed by atoms with Gasteiger partial charge in [-0.2, -0.15) is 4.73 Å². The van der Waals surface area contributed by atoms with Gasteiger partial charge in [0.05, 0.1) is 21.9 Å². The van der Waals surface area contributed by atoms with Crippen LogP contribution in [0.25, 0.3) is 16.9 Å². The number of nitrogens with one attached hydrogen (secondary N) is 2. The highest BCUT2D eigenvalue weighted by atomic mass is 16.6. The van der Waals surface area contributed by atoms with Crippen molar-refractivity contribution in [1.82, 2.24) is 9.47 Å². The van der Waals surface area contributed by atoms with E-state index in [0.29, 0.717) is 33.6 Å². The van der Waals surface area contributed by atoms with E-state index in [2.05, 4.69) is 15.5 Å². The summed E-state index contributed by atoms with van der Waals surface area (Å²) in [5.74, 6) is 0.389. The fraction of sp³-hybridized carbons (Fsp3) is 0.429. The Bertz CT molecular complexity index is 1510. The Hall–Kier alpha value is -3.92. The van der Waals surface area contributed by atoms with Crippen molar-refractivity contribution in [1.29, 1.82) is 0 Å². The van der Waals surface area contributed by atoms with Gasteiger partial charge in [-0.05, 0) is 63.2 Å². The summed E-state index contributed by atoms with van der Waals surface area (Å²) in [6.07, 6.45) is 11.4. The fourth-order valence-corrected chi connectivity index (χ4v) is 6.55. The molecule has 1 spiro atoms. The molecule has 1 aromatic heterocycles. The van der Waals surface area contributed by atoms with Gasteiger partial charge in [0.15, 0.2) is 0 Å². The summed E-state index contributed by atoms with van der Waals surface area (Å²) < 4.78 is 1.92. The summed E-state index contributed by atoms with van der Waals surface area (Å²) in [7, 11) is 0. The van der Waals surface area contributed by atoms with E-state index in [4.69, 9.17) is 0 Å². The molecular weight excluding hydrogens is 484 g/mol. The van der Waals surface area contributed by atoms with Crippen molar-refractivity contribution in [2.45, 2.75) is 58.4 Å². The number of para-hydroxylation sites is 2. The van der Waals surface area contributed by atoms with E-state index >= 15 is 0 Å². The Labute approximate surface area is 220 Å². The number of hydrogen-bond donors (Lipinski definition) is 2. The minimum absolute atomic E-state index is 0.0996. The van der Waals surface area contributed by atoms with Crippen molar-refractivity contribution >= 4 is 33.9 Å². The first-order chi connectivity index (χ1) is 18.3. The molecule has 3 heterocycles. The summed E-state index contributed by atoms with van der Waals surface area (Å²) >= 11 is 0. The zero-order valence-corrected chi connectivity index (χ0v) is 21.5. The maximum absolute atomic E-state index is 13.2. The van der Waals surface area contributed by atoms with Crippen LogP contribution in [0.15, 0.2) is 47.5 Å². The number of anilines is 2. The van der Waals surface area contributed by atoms with E-state index in [1.807, 2.05) is 24.3 Å². The summed E-state index contributed by atoms with van der Waals surface area (Å²) in [5, 5.41) is 31.7. The molecule has 2 aliphatic heterocycles. The number of nitro benzene ring substituents is 1. The molecule has 0 unspecified atom stereocenters. The van der Waals surface area contributed by atoms with Crippen LogP contribution in [0.2, 0.25) is 0 Å². The Morgan fingerprint density at radius 1 is 1.08 bits per heavy atom. The molecule has 1 saturated carbocycles. The SMILES string of the molecule is Cc1c([N+](=O)[O-])cc2c(c1CN1CCC3(CCCCC3)CC1)[n+]([O-])cc(=O)n2C1=CNc2ccccc2N1. The second-order valence-corrected chi connectivity index (χ2v) is 10.9. The Morgan fingerprint density at radius 3 is 2.50 bits per heavy atom. The second kappa shape index (κ2) is 9.43. The molecule has 1 aliphatic carbocycles. The topological polar surface area (TPSA) is 119 Å². The van der Waals surface area contributed by atoms with Crippen molar-refractivity contribution in [2.75, 3.05) is 23.7 Å². The molecule has 0 radical (unpaired) electrons. The zero-order valence-electron chi connectivity index (χ0n) is 21.5. The molecule has 0 amide bonds. The molecule has 0 bridgehead atoms. The van der Waals surface area contributed by atoms with Crippen LogP contribution in [0, 0.1) is 27.7 Å². The highest BCUT2D eigenvalue weighted by Crippen LogP contribution is 2.45. The Kier molecular flexibility index (Phi) is 6.06. The molecule has 3 aliphatic rings. The highest BCUT2D eigenvalue weighted by Gasteiger charge is 2.36. The first kappa shape index (κ1) is 24.4. The maximum Gasteiger partial charge on any atom is 0.322 e. The van der Waals surface area contributed by atoms with E-state index in [1.165, 1.54) is 42.7 Å². The van der Waals surface area contributed by atoms with Gasteiger partial charge in [0.2, 0.25) is 11.7 Å². The smallest absolute Gasteiger partial charge is 0.322 e. The Morgan fingerprint density at radius 2 is 1.79 bits per heavy atom. The van der Waals surface area contributed by atoms with E-state index in [0.717, 1.165) is 43.5 Å². The van der Waals surface area contributed by atoms with Gasteiger partial charge in [-0.3, -0.25) is 19.8 Å². The number of hydrogen-bond acceptors (Lipinski definition) is 7. The van der Waals surface area contributed by atoms with Crippen LogP contribution in [0.4, 0.5) is 17.1 Å². The third-order valence-electron chi connectivity index (χ3n) is 8.75. The number of nitrogens with zero attached hydrogens (tertiary/aromatic N) is 4. The first-order valence-corrected chi connectivity index (χ1v) is 13.4. The van der Waals surface area contributed by atoms with Crippen molar-refractivity contribution in [2.24, 2.45) is 5.41 Å². The summed E-state index contributed by atoms with van der Waals surface area (Å²) in [6.45, 7) is 3.92. The van der Waals surface area contributed by atoms with Crippen molar-refractivity contribution in [3.63, 3.8) is 0 Å². The number of piperidine rings is 1. The summed E-state index contributed by atoms with van der Waals surface area (Å²) in [5.41, 5.74) is 2.91. The lowest BCUT2D eigenvalue weighted by Crippen LogP contribution is -2.42. The van der Waals surface area contributed by atoms with Crippen LogP contribution in [0.3, 0.4) is 0 Å². The molecule has 10 heteroatoms. The van der Waals surface area contributed by atoms with Crippen molar-refractivity contribution < 1.29 is 9.65 Å². The van der Waals surface area contributed by atoms with Gasteiger partial charge in [0, 0.05) is 24.4 Å². The van der Waals surface area contributed by atoms with Gasteiger partial charge in [0.25, 0.3) is 5.69 Å². The van der Waals surface area contributed by atoms with Gasteiger partial charge in [-0.25, -0.2) is 4.57 Å². The van der Waals surface area contributed by atoms with E-state index in [9.17, 15) is 20.1 Å². The predicted molar refractivity (Wildman–Crippen MR) is 147 cm³/mol. The number of benzene rings is 2.